The Morgan fingerprint density at radius 2 is 1.71 bits per heavy atom. The van der Waals surface area contributed by atoms with Crippen molar-refractivity contribution in [2.24, 2.45) is 7.05 Å². The van der Waals surface area contributed by atoms with Crippen LogP contribution in [0.1, 0.15) is 23.7 Å². The summed E-state index contributed by atoms with van der Waals surface area (Å²) in [6, 6.07) is 14.7. The lowest BCUT2D eigenvalue weighted by Crippen LogP contribution is -2.17. The van der Waals surface area contributed by atoms with Gasteiger partial charge in [0.2, 0.25) is 5.91 Å². The van der Waals surface area contributed by atoms with Crippen molar-refractivity contribution in [1.29, 1.82) is 5.26 Å². The number of ether oxygens (including phenoxy) is 1. The van der Waals surface area contributed by atoms with Crippen molar-refractivity contribution in [3.63, 3.8) is 0 Å². The summed E-state index contributed by atoms with van der Waals surface area (Å²) in [5, 5.41) is 16.3. The van der Waals surface area contributed by atoms with Crippen LogP contribution in [0.2, 0.25) is 0 Å². The SMILES string of the molecule is CCc1nn(C)c(NC(=O)Cc2ccc(-c3ccc(OC(F)(F)F)cc3)cc2)c1C#N. The van der Waals surface area contributed by atoms with Gasteiger partial charge in [-0.2, -0.15) is 10.4 Å². The molecule has 0 bridgehead atoms. The van der Waals surface area contributed by atoms with Gasteiger partial charge in [0, 0.05) is 7.05 Å². The molecule has 1 amide bonds. The zero-order valence-electron chi connectivity index (χ0n) is 16.8. The number of aryl methyl sites for hydroxylation is 2. The number of nitrogens with one attached hydrogen (secondary N) is 1. The highest BCUT2D eigenvalue weighted by atomic mass is 19.4. The lowest BCUT2D eigenvalue weighted by atomic mass is 10.0. The Balaban J connectivity index is 1.67. The van der Waals surface area contributed by atoms with Crippen molar-refractivity contribution in [3.05, 3.63) is 65.4 Å². The largest absolute Gasteiger partial charge is 0.573 e. The topological polar surface area (TPSA) is 79.9 Å². The number of amides is 1. The van der Waals surface area contributed by atoms with Crippen LogP contribution in [0.5, 0.6) is 5.75 Å². The molecule has 0 fully saturated rings. The van der Waals surface area contributed by atoms with E-state index in [0.717, 1.165) is 11.1 Å². The molecule has 0 aliphatic carbocycles. The number of carbonyl (C=O) groups excluding carboxylic acids is 1. The molecule has 3 aromatic rings. The van der Waals surface area contributed by atoms with E-state index < -0.39 is 6.36 Å². The van der Waals surface area contributed by atoms with Crippen LogP contribution >= 0.6 is 0 Å². The average Bonchev–Trinajstić information content (AvgIpc) is 3.02. The number of aromatic nitrogens is 2. The summed E-state index contributed by atoms with van der Waals surface area (Å²) in [4.78, 5) is 12.4. The lowest BCUT2D eigenvalue weighted by Gasteiger charge is -2.10. The molecular formula is C22H19F3N4O2. The Labute approximate surface area is 176 Å². The van der Waals surface area contributed by atoms with E-state index in [9.17, 15) is 23.2 Å². The van der Waals surface area contributed by atoms with E-state index in [0.29, 0.717) is 29.1 Å². The molecule has 0 spiro atoms. The summed E-state index contributed by atoms with van der Waals surface area (Å²) in [5.74, 6) is -0.214. The van der Waals surface area contributed by atoms with Gasteiger partial charge >= 0.3 is 6.36 Å². The third-order valence-electron chi connectivity index (χ3n) is 4.56. The van der Waals surface area contributed by atoms with Gasteiger partial charge < -0.3 is 10.1 Å². The smallest absolute Gasteiger partial charge is 0.406 e. The minimum Gasteiger partial charge on any atom is -0.406 e. The average molecular weight is 428 g/mol. The molecule has 3 rings (SSSR count). The predicted octanol–water partition coefficient (Wildman–Crippen LogP) is 4.60. The van der Waals surface area contributed by atoms with Crippen LogP contribution in [0.4, 0.5) is 19.0 Å². The van der Waals surface area contributed by atoms with Gasteiger partial charge in [0.1, 0.15) is 23.2 Å². The molecule has 0 saturated heterocycles. The Hall–Kier alpha value is -3.80. The molecule has 1 N–H and O–H groups in total. The number of benzene rings is 2. The molecule has 0 unspecified atom stereocenters. The quantitative estimate of drug-likeness (QED) is 0.622. The van der Waals surface area contributed by atoms with Gasteiger partial charge in [-0.3, -0.25) is 9.48 Å². The number of hydrogen-bond donors (Lipinski definition) is 1. The van der Waals surface area contributed by atoms with Gasteiger partial charge in [0.15, 0.2) is 0 Å². The Kier molecular flexibility index (Phi) is 6.30. The first-order valence-corrected chi connectivity index (χ1v) is 9.41. The molecule has 31 heavy (non-hydrogen) atoms. The number of anilines is 1. The molecule has 0 radical (unpaired) electrons. The maximum absolute atomic E-state index is 12.4. The highest BCUT2D eigenvalue weighted by Gasteiger charge is 2.30. The minimum absolute atomic E-state index is 0.0934. The lowest BCUT2D eigenvalue weighted by molar-refractivity contribution is -0.274. The molecule has 9 heteroatoms. The van der Waals surface area contributed by atoms with Crippen LogP contribution in [0.15, 0.2) is 48.5 Å². The summed E-state index contributed by atoms with van der Waals surface area (Å²) in [7, 11) is 1.66. The molecular weight excluding hydrogens is 409 g/mol. The van der Waals surface area contributed by atoms with Gasteiger partial charge in [-0.05, 0) is 35.2 Å². The minimum atomic E-state index is -4.73. The number of hydrogen-bond acceptors (Lipinski definition) is 4. The number of nitriles is 1. The first-order valence-electron chi connectivity index (χ1n) is 9.41. The van der Waals surface area contributed by atoms with E-state index in [1.165, 1.54) is 28.9 Å². The van der Waals surface area contributed by atoms with Crippen molar-refractivity contribution in [3.8, 4) is 22.9 Å². The summed E-state index contributed by atoms with van der Waals surface area (Å²) in [5.41, 5.74) is 3.22. The second-order valence-electron chi connectivity index (χ2n) is 6.75. The van der Waals surface area contributed by atoms with E-state index in [2.05, 4.69) is 21.2 Å². The third kappa shape index (κ3) is 5.42. The number of halogens is 3. The molecule has 6 nitrogen and oxygen atoms in total. The highest BCUT2D eigenvalue weighted by molar-refractivity contribution is 5.92. The van der Waals surface area contributed by atoms with E-state index in [-0.39, 0.29) is 18.1 Å². The fourth-order valence-corrected chi connectivity index (χ4v) is 3.11. The zero-order chi connectivity index (χ0) is 22.6. The summed E-state index contributed by atoms with van der Waals surface area (Å²) >= 11 is 0. The summed E-state index contributed by atoms with van der Waals surface area (Å²) in [6.45, 7) is 1.88. The Morgan fingerprint density at radius 1 is 1.13 bits per heavy atom. The normalized spacial score (nSPS) is 11.1. The highest BCUT2D eigenvalue weighted by Crippen LogP contribution is 2.27. The molecule has 0 saturated carbocycles. The fourth-order valence-electron chi connectivity index (χ4n) is 3.11. The van der Waals surface area contributed by atoms with Crippen LogP contribution in [0.25, 0.3) is 11.1 Å². The standard InChI is InChI=1S/C22H19F3N4O2/c1-3-19-18(13-26)21(29(2)28-19)27-20(30)12-14-4-6-15(7-5-14)16-8-10-17(11-9-16)31-22(23,24)25/h4-11H,3,12H2,1-2H3,(H,27,30). The Bertz CT molecular complexity index is 1110. The number of rotatable bonds is 6. The van der Waals surface area contributed by atoms with Crippen LogP contribution in [0.3, 0.4) is 0 Å². The molecule has 1 heterocycles. The molecule has 0 aliphatic heterocycles. The number of nitrogens with zero attached hydrogens (tertiary/aromatic N) is 3. The van der Waals surface area contributed by atoms with Gasteiger partial charge in [-0.25, -0.2) is 0 Å². The second-order valence-corrected chi connectivity index (χ2v) is 6.75. The van der Waals surface area contributed by atoms with Crippen LogP contribution in [0, 0.1) is 11.3 Å². The molecule has 0 aliphatic rings. The first-order chi connectivity index (χ1) is 14.7. The second kappa shape index (κ2) is 8.92. The van der Waals surface area contributed by atoms with Crippen LogP contribution in [-0.2, 0) is 24.7 Å². The molecule has 1 aromatic heterocycles. The summed E-state index contributed by atoms with van der Waals surface area (Å²) in [6.07, 6.45) is -4.06. The monoisotopic (exact) mass is 428 g/mol. The maximum atomic E-state index is 12.4. The van der Waals surface area contributed by atoms with E-state index in [1.54, 1.807) is 31.3 Å². The van der Waals surface area contributed by atoms with Gasteiger partial charge in [0.25, 0.3) is 0 Å². The van der Waals surface area contributed by atoms with Crippen molar-refractivity contribution in [2.45, 2.75) is 26.1 Å². The Morgan fingerprint density at radius 3 is 2.23 bits per heavy atom. The van der Waals surface area contributed by atoms with Gasteiger partial charge in [-0.15, -0.1) is 13.2 Å². The van der Waals surface area contributed by atoms with Crippen molar-refractivity contribution < 1.29 is 22.7 Å². The van der Waals surface area contributed by atoms with Crippen molar-refractivity contribution in [1.82, 2.24) is 9.78 Å². The third-order valence-corrected chi connectivity index (χ3v) is 4.56. The van der Waals surface area contributed by atoms with E-state index in [4.69, 9.17) is 0 Å². The maximum Gasteiger partial charge on any atom is 0.573 e. The van der Waals surface area contributed by atoms with E-state index >= 15 is 0 Å². The fraction of sp³-hybridized carbons (Fsp3) is 0.227. The van der Waals surface area contributed by atoms with Crippen molar-refractivity contribution in [2.75, 3.05) is 5.32 Å². The van der Waals surface area contributed by atoms with E-state index in [1.807, 2.05) is 6.92 Å². The first kappa shape index (κ1) is 21.9. The van der Waals surface area contributed by atoms with Crippen LogP contribution < -0.4 is 10.1 Å². The van der Waals surface area contributed by atoms with Gasteiger partial charge in [0.05, 0.1) is 12.1 Å². The molecule has 160 valence electrons. The predicted molar refractivity (Wildman–Crippen MR) is 108 cm³/mol. The van der Waals surface area contributed by atoms with Crippen LogP contribution in [-0.4, -0.2) is 22.1 Å². The number of alkyl halides is 3. The zero-order valence-corrected chi connectivity index (χ0v) is 16.8. The van der Waals surface area contributed by atoms with Gasteiger partial charge in [-0.1, -0.05) is 43.3 Å². The molecule has 2 aromatic carbocycles. The molecule has 0 atom stereocenters. The van der Waals surface area contributed by atoms with Crippen molar-refractivity contribution >= 4 is 11.7 Å². The summed E-state index contributed by atoms with van der Waals surface area (Å²) < 4.78 is 42.1. The number of carbonyl (C=O) groups is 1.